The molecular formula is C20H37IN4O. The molecule has 0 amide bonds. The largest absolute Gasteiger partial charge is 0.381 e. The van der Waals surface area contributed by atoms with E-state index in [0.29, 0.717) is 12.5 Å². The molecule has 2 N–H and O–H groups in total. The highest BCUT2D eigenvalue weighted by molar-refractivity contribution is 14.0. The van der Waals surface area contributed by atoms with E-state index in [4.69, 9.17) is 9.73 Å². The van der Waals surface area contributed by atoms with Crippen LogP contribution < -0.4 is 10.6 Å². The van der Waals surface area contributed by atoms with Crippen molar-refractivity contribution in [2.45, 2.75) is 40.3 Å². The molecule has 0 saturated heterocycles. The quantitative estimate of drug-likeness (QED) is 0.222. The SMILES string of the molecule is CCNC(=NCc1ccccc1CN(C)C)NCCCOCC(C)C.I. The highest BCUT2D eigenvalue weighted by Crippen LogP contribution is 2.11. The van der Waals surface area contributed by atoms with Crippen molar-refractivity contribution in [2.75, 3.05) is 40.4 Å². The van der Waals surface area contributed by atoms with Gasteiger partial charge in [-0.3, -0.25) is 0 Å². The topological polar surface area (TPSA) is 48.9 Å². The van der Waals surface area contributed by atoms with Gasteiger partial charge >= 0.3 is 0 Å². The van der Waals surface area contributed by atoms with Crippen LogP contribution in [-0.4, -0.2) is 51.3 Å². The Hall–Kier alpha value is -0.860. The zero-order valence-corrected chi connectivity index (χ0v) is 19.4. The van der Waals surface area contributed by atoms with Gasteiger partial charge in [-0.05, 0) is 44.5 Å². The molecule has 26 heavy (non-hydrogen) atoms. The fourth-order valence-corrected chi connectivity index (χ4v) is 2.41. The van der Waals surface area contributed by atoms with Crippen LogP contribution >= 0.6 is 24.0 Å². The van der Waals surface area contributed by atoms with Crippen molar-refractivity contribution < 1.29 is 4.74 Å². The molecule has 0 aromatic heterocycles. The number of halogens is 1. The van der Waals surface area contributed by atoms with Crippen molar-refractivity contribution in [1.82, 2.24) is 15.5 Å². The van der Waals surface area contributed by atoms with Gasteiger partial charge in [0, 0.05) is 32.8 Å². The van der Waals surface area contributed by atoms with E-state index in [2.05, 4.69) is 74.7 Å². The highest BCUT2D eigenvalue weighted by Gasteiger charge is 2.03. The summed E-state index contributed by atoms with van der Waals surface area (Å²) in [6, 6.07) is 8.51. The monoisotopic (exact) mass is 476 g/mol. The van der Waals surface area contributed by atoms with Crippen molar-refractivity contribution in [2.24, 2.45) is 10.9 Å². The summed E-state index contributed by atoms with van der Waals surface area (Å²) in [6.45, 7) is 11.4. The first-order chi connectivity index (χ1) is 12.0. The van der Waals surface area contributed by atoms with Crippen LogP contribution in [0.1, 0.15) is 38.3 Å². The van der Waals surface area contributed by atoms with Gasteiger partial charge in [0.1, 0.15) is 0 Å². The Morgan fingerprint density at radius 2 is 1.85 bits per heavy atom. The van der Waals surface area contributed by atoms with Gasteiger partial charge in [0.25, 0.3) is 0 Å². The number of nitrogens with zero attached hydrogens (tertiary/aromatic N) is 2. The average molecular weight is 476 g/mol. The molecule has 5 nitrogen and oxygen atoms in total. The molecule has 0 radical (unpaired) electrons. The third-order valence-electron chi connectivity index (χ3n) is 3.57. The maximum Gasteiger partial charge on any atom is 0.191 e. The van der Waals surface area contributed by atoms with E-state index in [1.165, 1.54) is 11.1 Å². The van der Waals surface area contributed by atoms with Gasteiger partial charge in [-0.1, -0.05) is 38.1 Å². The summed E-state index contributed by atoms with van der Waals surface area (Å²) >= 11 is 0. The number of guanidine groups is 1. The molecule has 0 bridgehead atoms. The number of nitrogens with one attached hydrogen (secondary N) is 2. The molecule has 0 fully saturated rings. The molecule has 0 heterocycles. The third-order valence-corrected chi connectivity index (χ3v) is 3.57. The second-order valence-electron chi connectivity index (χ2n) is 6.95. The Balaban J connectivity index is 0.00000625. The predicted octanol–water partition coefficient (Wildman–Crippen LogP) is 3.48. The zero-order valence-electron chi connectivity index (χ0n) is 17.0. The number of ether oxygens (including phenoxy) is 1. The maximum atomic E-state index is 5.61. The summed E-state index contributed by atoms with van der Waals surface area (Å²) < 4.78 is 5.61. The number of benzene rings is 1. The smallest absolute Gasteiger partial charge is 0.191 e. The van der Waals surface area contributed by atoms with Crippen LogP contribution in [0.25, 0.3) is 0 Å². The van der Waals surface area contributed by atoms with Gasteiger partial charge in [0.15, 0.2) is 5.96 Å². The molecule has 0 spiro atoms. The van der Waals surface area contributed by atoms with E-state index in [1.54, 1.807) is 0 Å². The highest BCUT2D eigenvalue weighted by atomic mass is 127. The van der Waals surface area contributed by atoms with Crippen LogP contribution in [-0.2, 0) is 17.8 Å². The zero-order chi connectivity index (χ0) is 18.5. The molecule has 0 aliphatic heterocycles. The van der Waals surface area contributed by atoms with E-state index in [0.717, 1.165) is 45.2 Å². The standard InChI is InChI=1S/C20H36N4O.HI/c1-6-21-20(22-12-9-13-25-16-17(2)3)23-14-18-10-7-8-11-19(18)15-24(4)5;/h7-8,10-11,17H,6,9,12-16H2,1-5H3,(H2,21,22,23);1H. The fraction of sp³-hybridized carbons (Fsp3) is 0.650. The molecular weight excluding hydrogens is 439 g/mol. The molecule has 1 aromatic carbocycles. The number of rotatable bonds is 11. The maximum absolute atomic E-state index is 5.61. The van der Waals surface area contributed by atoms with Gasteiger partial charge in [-0.2, -0.15) is 0 Å². The summed E-state index contributed by atoms with van der Waals surface area (Å²) in [6.07, 6.45) is 0.981. The molecule has 6 heteroatoms. The number of hydrogen-bond acceptors (Lipinski definition) is 3. The van der Waals surface area contributed by atoms with Crippen LogP contribution in [0.4, 0.5) is 0 Å². The lowest BCUT2D eigenvalue weighted by Crippen LogP contribution is -2.38. The molecule has 0 aliphatic carbocycles. The van der Waals surface area contributed by atoms with Crippen LogP contribution in [0.15, 0.2) is 29.3 Å². The molecule has 0 aliphatic rings. The van der Waals surface area contributed by atoms with Crippen LogP contribution in [0.2, 0.25) is 0 Å². The minimum atomic E-state index is 0. The van der Waals surface area contributed by atoms with E-state index < -0.39 is 0 Å². The lowest BCUT2D eigenvalue weighted by atomic mass is 10.1. The van der Waals surface area contributed by atoms with Crippen LogP contribution in [0.3, 0.4) is 0 Å². The van der Waals surface area contributed by atoms with E-state index in [-0.39, 0.29) is 24.0 Å². The Morgan fingerprint density at radius 1 is 1.15 bits per heavy atom. The van der Waals surface area contributed by atoms with Gasteiger partial charge in [0.05, 0.1) is 6.54 Å². The van der Waals surface area contributed by atoms with Crippen LogP contribution in [0.5, 0.6) is 0 Å². The van der Waals surface area contributed by atoms with Gasteiger partial charge in [-0.25, -0.2) is 4.99 Å². The Morgan fingerprint density at radius 3 is 2.46 bits per heavy atom. The van der Waals surface area contributed by atoms with Crippen molar-refractivity contribution >= 4 is 29.9 Å². The van der Waals surface area contributed by atoms with Gasteiger partial charge in [-0.15, -0.1) is 24.0 Å². The molecule has 1 aromatic rings. The van der Waals surface area contributed by atoms with Gasteiger partial charge < -0.3 is 20.3 Å². The summed E-state index contributed by atoms with van der Waals surface area (Å²) in [4.78, 5) is 6.92. The summed E-state index contributed by atoms with van der Waals surface area (Å²) in [7, 11) is 4.18. The predicted molar refractivity (Wildman–Crippen MR) is 122 cm³/mol. The van der Waals surface area contributed by atoms with Crippen molar-refractivity contribution in [3.8, 4) is 0 Å². The molecule has 0 saturated carbocycles. The molecule has 0 unspecified atom stereocenters. The lowest BCUT2D eigenvalue weighted by Gasteiger charge is -2.14. The van der Waals surface area contributed by atoms with E-state index >= 15 is 0 Å². The second kappa shape index (κ2) is 15.2. The Kier molecular flexibility index (Phi) is 14.7. The normalized spacial score (nSPS) is 11.6. The average Bonchev–Trinajstić information content (AvgIpc) is 2.56. The van der Waals surface area contributed by atoms with Crippen molar-refractivity contribution in [1.29, 1.82) is 0 Å². The van der Waals surface area contributed by atoms with E-state index in [1.807, 2.05) is 0 Å². The third kappa shape index (κ3) is 11.7. The first-order valence-electron chi connectivity index (χ1n) is 9.34. The minimum Gasteiger partial charge on any atom is -0.381 e. The van der Waals surface area contributed by atoms with Gasteiger partial charge in [0.2, 0.25) is 0 Å². The molecule has 1 rings (SSSR count). The molecule has 0 atom stereocenters. The van der Waals surface area contributed by atoms with Crippen LogP contribution in [0, 0.1) is 5.92 Å². The summed E-state index contributed by atoms with van der Waals surface area (Å²) in [5.74, 6) is 1.46. The second-order valence-corrected chi connectivity index (χ2v) is 6.95. The first kappa shape index (κ1) is 25.1. The van der Waals surface area contributed by atoms with Crippen molar-refractivity contribution in [3.05, 3.63) is 35.4 Å². The summed E-state index contributed by atoms with van der Waals surface area (Å²) in [5.41, 5.74) is 2.60. The fourth-order valence-electron chi connectivity index (χ4n) is 2.41. The minimum absolute atomic E-state index is 0. The molecule has 150 valence electrons. The Labute approximate surface area is 177 Å². The van der Waals surface area contributed by atoms with E-state index in [9.17, 15) is 0 Å². The number of hydrogen-bond donors (Lipinski definition) is 2. The lowest BCUT2D eigenvalue weighted by molar-refractivity contribution is 0.108. The Bertz CT molecular complexity index is 506. The first-order valence-corrected chi connectivity index (χ1v) is 9.34. The van der Waals surface area contributed by atoms with Crippen molar-refractivity contribution in [3.63, 3.8) is 0 Å². The number of aliphatic imine (C=N–C) groups is 1. The summed E-state index contributed by atoms with van der Waals surface area (Å²) in [5, 5.41) is 6.70.